The minimum atomic E-state index is -0.160. The third kappa shape index (κ3) is 2.29. The summed E-state index contributed by atoms with van der Waals surface area (Å²) in [5.41, 5.74) is 2.98. The van der Waals surface area contributed by atoms with E-state index < -0.39 is 0 Å². The van der Waals surface area contributed by atoms with Gasteiger partial charge in [0.25, 0.3) is 0 Å². The van der Waals surface area contributed by atoms with Crippen LogP contribution in [0.1, 0.15) is 11.3 Å². The van der Waals surface area contributed by atoms with E-state index in [1.165, 1.54) is 6.20 Å². The van der Waals surface area contributed by atoms with E-state index in [-0.39, 0.29) is 11.9 Å². The molecule has 0 radical (unpaired) electrons. The minimum Gasteiger partial charge on any atom is -0.492 e. The number of nitrogens with zero attached hydrogens (tertiary/aromatic N) is 4. The minimum absolute atomic E-state index is 0.115. The fourth-order valence-corrected chi connectivity index (χ4v) is 2.55. The van der Waals surface area contributed by atoms with Crippen molar-refractivity contribution in [3.05, 3.63) is 41.9 Å². The summed E-state index contributed by atoms with van der Waals surface area (Å²) in [6.07, 6.45) is 3.21. The van der Waals surface area contributed by atoms with Crippen molar-refractivity contribution in [2.75, 3.05) is 22.9 Å². The topological polar surface area (TPSA) is 69.6 Å². The second kappa shape index (κ2) is 5.05. The van der Waals surface area contributed by atoms with Gasteiger partial charge in [-0.25, -0.2) is 9.78 Å². The average Bonchev–Trinajstić information content (AvgIpc) is 2.81. The lowest BCUT2D eigenvalue weighted by molar-refractivity contribution is 0.255. The van der Waals surface area contributed by atoms with Crippen LogP contribution in [0.15, 0.2) is 30.6 Å². The van der Waals surface area contributed by atoms with Gasteiger partial charge in [-0.1, -0.05) is 0 Å². The lowest BCUT2D eigenvalue weighted by atomic mass is 10.2. The molecule has 1 N–H and O–H groups in total. The summed E-state index contributed by atoms with van der Waals surface area (Å²) in [6.45, 7) is 4.82. The van der Waals surface area contributed by atoms with E-state index in [2.05, 4.69) is 9.97 Å². The highest BCUT2D eigenvalue weighted by Gasteiger charge is 2.33. The van der Waals surface area contributed by atoms with E-state index >= 15 is 0 Å². The van der Waals surface area contributed by atoms with Crippen molar-refractivity contribution in [2.45, 2.75) is 13.8 Å². The van der Waals surface area contributed by atoms with Gasteiger partial charge in [-0.05, 0) is 37.6 Å². The van der Waals surface area contributed by atoms with Gasteiger partial charge < -0.3 is 5.11 Å². The molecule has 0 unspecified atom stereocenters. The van der Waals surface area contributed by atoms with Crippen LogP contribution in [0.4, 0.5) is 16.2 Å². The second-order valence-corrected chi connectivity index (χ2v) is 5.04. The Morgan fingerprint density at radius 3 is 2.52 bits per heavy atom. The highest BCUT2D eigenvalue weighted by atomic mass is 16.3. The van der Waals surface area contributed by atoms with Gasteiger partial charge in [0.05, 0.1) is 0 Å². The summed E-state index contributed by atoms with van der Waals surface area (Å²) in [5, 5.41) is 9.94. The Morgan fingerprint density at radius 2 is 1.81 bits per heavy atom. The molecule has 6 nitrogen and oxygen atoms in total. The van der Waals surface area contributed by atoms with Crippen molar-refractivity contribution in [3.8, 4) is 5.88 Å². The maximum absolute atomic E-state index is 12.6. The lowest BCUT2D eigenvalue weighted by Gasteiger charge is -2.20. The van der Waals surface area contributed by atoms with Crippen LogP contribution in [0.5, 0.6) is 5.88 Å². The van der Waals surface area contributed by atoms with Crippen molar-refractivity contribution < 1.29 is 9.90 Å². The van der Waals surface area contributed by atoms with E-state index in [1.807, 2.05) is 26.0 Å². The van der Waals surface area contributed by atoms with Gasteiger partial charge >= 0.3 is 6.03 Å². The van der Waals surface area contributed by atoms with Gasteiger partial charge in [0.15, 0.2) is 0 Å². The molecule has 1 aliphatic rings. The number of anilines is 2. The summed E-state index contributed by atoms with van der Waals surface area (Å²) < 4.78 is 0. The first kappa shape index (κ1) is 13.4. The van der Waals surface area contributed by atoms with Crippen LogP contribution >= 0.6 is 0 Å². The average molecular weight is 284 g/mol. The SMILES string of the molecule is Cc1cc(N2CCN(c3c(C)ccnc3O)C2=O)ccn1. The van der Waals surface area contributed by atoms with Crippen molar-refractivity contribution in [2.24, 2.45) is 0 Å². The molecule has 1 fully saturated rings. The van der Waals surface area contributed by atoms with E-state index in [4.69, 9.17) is 0 Å². The third-order valence-corrected chi connectivity index (χ3v) is 3.58. The molecule has 108 valence electrons. The molecule has 3 heterocycles. The molecule has 0 spiro atoms. The number of hydrogen-bond acceptors (Lipinski definition) is 4. The molecule has 6 heteroatoms. The van der Waals surface area contributed by atoms with Crippen molar-refractivity contribution >= 4 is 17.4 Å². The van der Waals surface area contributed by atoms with Crippen LogP contribution in [-0.2, 0) is 0 Å². The quantitative estimate of drug-likeness (QED) is 0.918. The number of rotatable bonds is 2. The largest absolute Gasteiger partial charge is 0.492 e. The summed E-state index contributed by atoms with van der Waals surface area (Å²) in [4.78, 5) is 23.9. The highest BCUT2D eigenvalue weighted by molar-refractivity contribution is 6.07. The molecule has 0 atom stereocenters. The monoisotopic (exact) mass is 284 g/mol. The summed E-state index contributed by atoms with van der Waals surface area (Å²) in [5.74, 6) is -0.115. The molecule has 0 saturated carbocycles. The van der Waals surface area contributed by atoms with Crippen molar-refractivity contribution in [1.82, 2.24) is 9.97 Å². The Bertz CT molecular complexity index is 682. The van der Waals surface area contributed by atoms with E-state index in [9.17, 15) is 9.90 Å². The van der Waals surface area contributed by atoms with E-state index in [0.29, 0.717) is 18.8 Å². The molecule has 0 aliphatic carbocycles. The number of aromatic hydroxyl groups is 1. The van der Waals surface area contributed by atoms with Gasteiger partial charge in [-0.2, -0.15) is 0 Å². The fourth-order valence-electron chi connectivity index (χ4n) is 2.55. The van der Waals surface area contributed by atoms with E-state index in [1.54, 1.807) is 22.1 Å². The predicted octanol–water partition coefficient (Wildman–Crippen LogP) is 2.25. The molecule has 2 aromatic rings. The maximum Gasteiger partial charge on any atom is 0.329 e. The van der Waals surface area contributed by atoms with Gasteiger partial charge in [-0.15, -0.1) is 0 Å². The number of carbonyl (C=O) groups excluding carboxylic acids is 1. The van der Waals surface area contributed by atoms with Gasteiger partial charge in [0.1, 0.15) is 5.69 Å². The molecular formula is C15H16N4O2. The van der Waals surface area contributed by atoms with Crippen LogP contribution in [0.25, 0.3) is 0 Å². The first-order valence-corrected chi connectivity index (χ1v) is 6.74. The van der Waals surface area contributed by atoms with Crippen LogP contribution in [0.3, 0.4) is 0 Å². The van der Waals surface area contributed by atoms with Crippen LogP contribution in [-0.4, -0.2) is 34.2 Å². The Hall–Kier alpha value is -2.63. The third-order valence-electron chi connectivity index (χ3n) is 3.58. The van der Waals surface area contributed by atoms with Crippen LogP contribution in [0, 0.1) is 13.8 Å². The van der Waals surface area contributed by atoms with Crippen molar-refractivity contribution in [3.63, 3.8) is 0 Å². The number of aryl methyl sites for hydroxylation is 2. The molecule has 21 heavy (non-hydrogen) atoms. The first-order valence-electron chi connectivity index (χ1n) is 6.74. The second-order valence-electron chi connectivity index (χ2n) is 5.04. The standard InChI is InChI=1S/C15H16N4O2/c1-10-3-5-17-14(20)13(10)19-8-7-18(15(19)21)12-4-6-16-11(2)9-12/h3-6,9H,7-8H2,1-2H3,(H,17,20). The molecule has 0 bridgehead atoms. The number of urea groups is 1. The van der Waals surface area contributed by atoms with Crippen molar-refractivity contribution in [1.29, 1.82) is 0 Å². The Morgan fingerprint density at radius 1 is 1.10 bits per heavy atom. The smallest absolute Gasteiger partial charge is 0.329 e. The highest BCUT2D eigenvalue weighted by Crippen LogP contribution is 2.32. The number of amides is 2. The zero-order valence-corrected chi connectivity index (χ0v) is 11.9. The molecule has 2 aromatic heterocycles. The Kier molecular flexibility index (Phi) is 3.21. The zero-order chi connectivity index (χ0) is 15.0. The number of carbonyl (C=O) groups is 1. The zero-order valence-electron chi connectivity index (χ0n) is 11.9. The van der Waals surface area contributed by atoms with Gasteiger partial charge in [0, 0.05) is 36.9 Å². The van der Waals surface area contributed by atoms with E-state index in [0.717, 1.165) is 16.9 Å². The molecule has 2 amide bonds. The van der Waals surface area contributed by atoms with Crippen LogP contribution in [0.2, 0.25) is 0 Å². The fraction of sp³-hybridized carbons (Fsp3) is 0.267. The summed E-state index contributed by atoms with van der Waals surface area (Å²) >= 11 is 0. The lowest BCUT2D eigenvalue weighted by Crippen LogP contribution is -2.32. The van der Waals surface area contributed by atoms with Gasteiger partial charge in [0.2, 0.25) is 5.88 Å². The normalized spacial score (nSPS) is 14.9. The maximum atomic E-state index is 12.6. The molecule has 1 saturated heterocycles. The van der Waals surface area contributed by atoms with Crippen LogP contribution < -0.4 is 9.80 Å². The number of aromatic nitrogens is 2. The number of pyridine rings is 2. The summed E-state index contributed by atoms with van der Waals surface area (Å²) in [6, 6.07) is 5.30. The Labute approximate surface area is 122 Å². The molecule has 0 aromatic carbocycles. The Balaban J connectivity index is 1.94. The predicted molar refractivity (Wildman–Crippen MR) is 79.7 cm³/mol. The molecular weight excluding hydrogens is 268 g/mol. The van der Waals surface area contributed by atoms with Gasteiger partial charge in [-0.3, -0.25) is 14.8 Å². The molecule has 3 rings (SSSR count). The molecule has 1 aliphatic heterocycles. The number of hydrogen-bond donors (Lipinski definition) is 1. The summed E-state index contributed by atoms with van der Waals surface area (Å²) in [7, 11) is 0. The first-order chi connectivity index (χ1) is 10.1.